The van der Waals surface area contributed by atoms with E-state index in [-0.39, 0.29) is 23.7 Å². The van der Waals surface area contributed by atoms with E-state index >= 15 is 0 Å². The average Bonchev–Trinajstić information content (AvgIpc) is 3.10. The third kappa shape index (κ3) is 2.87. The monoisotopic (exact) mass is 367 g/mol. The van der Waals surface area contributed by atoms with Crippen molar-refractivity contribution in [2.24, 2.45) is 17.8 Å². The van der Waals surface area contributed by atoms with Gasteiger partial charge in [0, 0.05) is 12.5 Å². The lowest BCUT2D eigenvalue weighted by Crippen LogP contribution is -2.44. The third-order valence-corrected chi connectivity index (χ3v) is 6.18. The van der Waals surface area contributed by atoms with E-state index < -0.39 is 29.7 Å². The normalized spacial score (nSPS) is 33.2. The molecule has 3 fully saturated rings. The highest BCUT2D eigenvalue weighted by Crippen LogP contribution is 2.51. The molecule has 2 aliphatic carbocycles. The Morgan fingerprint density at radius 1 is 1.19 bits per heavy atom. The van der Waals surface area contributed by atoms with Gasteiger partial charge in [-0.2, -0.15) is 13.2 Å². The number of alkyl halides is 3. The van der Waals surface area contributed by atoms with Crippen molar-refractivity contribution in [3.63, 3.8) is 0 Å². The predicted molar refractivity (Wildman–Crippen MR) is 86.3 cm³/mol. The number of hydrogen-bond acceptors (Lipinski definition) is 2. The number of hydrogen-bond donors (Lipinski definition) is 1. The Hall–Kier alpha value is -2.05. The van der Waals surface area contributed by atoms with E-state index in [2.05, 4.69) is 0 Å². The quantitative estimate of drug-likeness (QED) is 0.889. The summed E-state index contributed by atoms with van der Waals surface area (Å²) in [5, 5.41) is 9.57. The minimum Gasteiger partial charge on any atom is -0.480 e. The van der Waals surface area contributed by atoms with Gasteiger partial charge in [-0.05, 0) is 48.6 Å². The maximum absolute atomic E-state index is 12.9. The van der Waals surface area contributed by atoms with Gasteiger partial charge < -0.3 is 10.0 Å². The molecule has 1 aliphatic heterocycles. The first-order valence-electron chi connectivity index (χ1n) is 8.98. The van der Waals surface area contributed by atoms with Gasteiger partial charge in [0.05, 0.1) is 5.56 Å². The molecule has 0 radical (unpaired) electrons. The number of rotatable bonds is 3. The van der Waals surface area contributed by atoms with Gasteiger partial charge in [-0.15, -0.1) is 0 Å². The van der Waals surface area contributed by atoms with E-state index in [4.69, 9.17) is 0 Å². The van der Waals surface area contributed by atoms with Crippen LogP contribution in [-0.2, 0) is 15.8 Å². The van der Waals surface area contributed by atoms with E-state index in [1.54, 1.807) is 6.07 Å². The summed E-state index contributed by atoms with van der Waals surface area (Å²) in [5.41, 5.74) is -0.211. The number of aliphatic carboxylic acids is 1. The standard InChI is InChI=1S/C19H20F3NO3/c20-19(21,22)12-5-1-3-10(7-12)14-8-15(14)17(24)23-9-11-4-2-6-13(11)16(23)18(25)26/h1,3,5,7,11,13-16H,2,4,6,8-9H2,(H,25,26). The van der Waals surface area contributed by atoms with E-state index in [1.807, 2.05) is 0 Å². The van der Waals surface area contributed by atoms with Crippen LogP contribution in [0.15, 0.2) is 24.3 Å². The average molecular weight is 367 g/mol. The summed E-state index contributed by atoms with van der Waals surface area (Å²) < 4.78 is 38.7. The van der Waals surface area contributed by atoms with Crippen LogP contribution in [-0.4, -0.2) is 34.5 Å². The van der Waals surface area contributed by atoms with Crippen LogP contribution in [0.5, 0.6) is 0 Å². The summed E-state index contributed by atoms with van der Waals surface area (Å²) in [5.74, 6) is -1.58. The van der Waals surface area contributed by atoms with E-state index in [9.17, 15) is 27.9 Å². The van der Waals surface area contributed by atoms with Gasteiger partial charge in [0.2, 0.25) is 5.91 Å². The molecule has 1 heterocycles. The number of amides is 1. The number of carbonyl (C=O) groups is 2. The molecule has 1 aromatic rings. The van der Waals surface area contributed by atoms with Crippen LogP contribution in [0.25, 0.3) is 0 Å². The molecule has 26 heavy (non-hydrogen) atoms. The zero-order valence-corrected chi connectivity index (χ0v) is 14.1. The lowest BCUT2D eigenvalue weighted by molar-refractivity contribution is -0.150. The topological polar surface area (TPSA) is 57.6 Å². The Morgan fingerprint density at radius 3 is 2.65 bits per heavy atom. The van der Waals surface area contributed by atoms with Crippen LogP contribution in [0.1, 0.15) is 42.7 Å². The number of carboxylic acid groups (broad SMARTS) is 1. The Morgan fingerprint density at radius 2 is 1.96 bits per heavy atom. The zero-order valence-electron chi connectivity index (χ0n) is 14.1. The highest BCUT2D eigenvalue weighted by Gasteiger charge is 2.54. The molecule has 140 valence electrons. The molecule has 1 aromatic carbocycles. The van der Waals surface area contributed by atoms with Crippen LogP contribution in [0.3, 0.4) is 0 Å². The molecule has 1 amide bonds. The largest absolute Gasteiger partial charge is 0.480 e. The molecule has 0 spiro atoms. The van der Waals surface area contributed by atoms with Crippen molar-refractivity contribution in [2.45, 2.75) is 43.8 Å². The Balaban J connectivity index is 1.50. The third-order valence-electron chi connectivity index (χ3n) is 6.18. The van der Waals surface area contributed by atoms with Crippen LogP contribution < -0.4 is 0 Å². The van der Waals surface area contributed by atoms with Crippen LogP contribution in [0.2, 0.25) is 0 Å². The fourth-order valence-electron chi connectivity index (χ4n) is 4.84. The Kier molecular flexibility index (Phi) is 4.00. The maximum atomic E-state index is 12.9. The summed E-state index contributed by atoms with van der Waals surface area (Å²) in [7, 11) is 0. The summed E-state index contributed by atoms with van der Waals surface area (Å²) >= 11 is 0. The second-order valence-electron chi connectivity index (χ2n) is 7.70. The summed E-state index contributed by atoms with van der Waals surface area (Å²) in [4.78, 5) is 26.0. The molecule has 5 atom stereocenters. The molecule has 4 nitrogen and oxygen atoms in total. The first kappa shape index (κ1) is 17.4. The maximum Gasteiger partial charge on any atom is 0.416 e. The first-order valence-corrected chi connectivity index (χ1v) is 8.98. The highest BCUT2D eigenvalue weighted by molar-refractivity contribution is 5.88. The van der Waals surface area contributed by atoms with E-state index in [0.717, 1.165) is 31.4 Å². The van der Waals surface area contributed by atoms with Gasteiger partial charge in [-0.1, -0.05) is 24.6 Å². The van der Waals surface area contributed by atoms with Gasteiger partial charge in [-0.25, -0.2) is 4.79 Å². The van der Waals surface area contributed by atoms with Gasteiger partial charge >= 0.3 is 12.1 Å². The van der Waals surface area contributed by atoms with Crippen molar-refractivity contribution in [2.75, 3.05) is 6.54 Å². The van der Waals surface area contributed by atoms with Crippen LogP contribution in [0.4, 0.5) is 13.2 Å². The van der Waals surface area contributed by atoms with Crippen LogP contribution in [0, 0.1) is 17.8 Å². The second-order valence-corrected chi connectivity index (χ2v) is 7.70. The lowest BCUT2D eigenvalue weighted by atomic mass is 9.94. The summed E-state index contributed by atoms with van der Waals surface area (Å²) in [6.45, 7) is 0.465. The first-order chi connectivity index (χ1) is 12.3. The molecule has 4 rings (SSSR count). The number of benzene rings is 1. The molecule has 3 aliphatic rings. The van der Waals surface area contributed by atoms with Crippen molar-refractivity contribution >= 4 is 11.9 Å². The molecule has 1 saturated heterocycles. The predicted octanol–water partition coefficient (Wildman–Crippen LogP) is 3.52. The molecular formula is C19H20F3NO3. The van der Waals surface area contributed by atoms with Gasteiger partial charge in [0.15, 0.2) is 0 Å². The Bertz CT molecular complexity index is 748. The van der Waals surface area contributed by atoms with Crippen molar-refractivity contribution in [3.05, 3.63) is 35.4 Å². The van der Waals surface area contributed by atoms with Gasteiger partial charge in [0.1, 0.15) is 6.04 Å². The molecule has 1 N–H and O–H groups in total. The fraction of sp³-hybridized carbons (Fsp3) is 0.579. The minimum atomic E-state index is -4.41. The number of carboxylic acids is 1. The molecule has 7 heteroatoms. The molecular weight excluding hydrogens is 347 g/mol. The van der Waals surface area contributed by atoms with Crippen molar-refractivity contribution in [3.8, 4) is 0 Å². The number of likely N-dealkylation sites (tertiary alicyclic amines) is 1. The van der Waals surface area contributed by atoms with E-state index in [0.29, 0.717) is 18.5 Å². The van der Waals surface area contributed by atoms with E-state index in [1.165, 1.54) is 11.0 Å². The lowest BCUT2D eigenvalue weighted by Gasteiger charge is -2.24. The van der Waals surface area contributed by atoms with Crippen molar-refractivity contribution in [1.29, 1.82) is 0 Å². The van der Waals surface area contributed by atoms with Crippen molar-refractivity contribution < 1.29 is 27.9 Å². The summed E-state index contributed by atoms with van der Waals surface area (Å²) in [6, 6.07) is 4.31. The fourth-order valence-corrected chi connectivity index (χ4v) is 4.84. The molecule has 2 saturated carbocycles. The number of fused-ring (bicyclic) bond motifs is 1. The summed E-state index contributed by atoms with van der Waals surface area (Å²) in [6.07, 6.45) is -1.16. The SMILES string of the molecule is O=C(O)C1C2CCCC2CN1C(=O)C1CC1c1cccc(C(F)(F)F)c1. The molecule has 0 bridgehead atoms. The van der Waals surface area contributed by atoms with Crippen LogP contribution >= 0.6 is 0 Å². The molecule has 0 aromatic heterocycles. The van der Waals surface area contributed by atoms with Gasteiger partial charge in [-0.3, -0.25) is 4.79 Å². The second kappa shape index (κ2) is 5.99. The number of nitrogens with zero attached hydrogens (tertiary/aromatic N) is 1. The minimum absolute atomic E-state index is 0.0159. The Labute approximate surface area is 149 Å². The zero-order chi connectivity index (χ0) is 18.6. The number of halogens is 3. The molecule has 5 unspecified atom stereocenters. The smallest absolute Gasteiger partial charge is 0.416 e. The number of carbonyl (C=O) groups excluding carboxylic acids is 1. The highest BCUT2D eigenvalue weighted by atomic mass is 19.4. The van der Waals surface area contributed by atoms with Crippen molar-refractivity contribution in [1.82, 2.24) is 4.90 Å². The van der Waals surface area contributed by atoms with Gasteiger partial charge in [0.25, 0.3) is 0 Å².